The molecule has 0 saturated carbocycles. The number of fused-ring (bicyclic) bond motifs is 2. The standard InChI is InChI=1S/C41H57N3O3S/c1-2-3-4-5-6-7-9-18-35(19-10-8-11-23-41(45)47-40-25-24-34-17-12-13-20-37(34)42-40)46-32-15-14-27-43-28-30-44(31-29-43)38-21-16-22-39-36(38)26-33-48-39/h12-13,16-17,20-22,24-26,33,35H,2-11,14-15,18-19,23,27-32H2,1H3. The molecule has 0 spiro atoms. The molecule has 1 unspecified atom stereocenters. The number of anilines is 1. The van der Waals surface area contributed by atoms with Crippen LogP contribution >= 0.6 is 11.3 Å². The second-order valence-corrected chi connectivity index (χ2v) is 14.4. The van der Waals surface area contributed by atoms with Crippen LogP contribution in [0.2, 0.25) is 0 Å². The van der Waals surface area contributed by atoms with Gasteiger partial charge in [-0.05, 0) is 74.4 Å². The number of carbonyl (C=O) groups excluding carboxylic acids is 1. The van der Waals surface area contributed by atoms with Gasteiger partial charge in [-0.25, -0.2) is 4.98 Å². The number of ether oxygens (including phenoxy) is 2. The maximum atomic E-state index is 12.5. The molecule has 5 rings (SSSR count). The van der Waals surface area contributed by atoms with Crippen molar-refractivity contribution in [3.63, 3.8) is 0 Å². The Morgan fingerprint density at radius 1 is 0.792 bits per heavy atom. The minimum absolute atomic E-state index is 0.199. The van der Waals surface area contributed by atoms with Gasteiger partial charge in [0, 0.05) is 66.4 Å². The highest BCUT2D eigenvalue weighted by Gasteiger charge is 2.19. The minimum atomic E-state index is -0.199. The SMILES string of the molecule is CCCCCCCCCC(CCCCCC(=O)Oc1ccc2ccccc2n1)OCCCCN1CCN(c2cccc3sccc23)CC1. The van der Waals surface area contributed by atoms with Crippen molar-refractivity contribution in [1.29, 1.82) is 0 Å². The van der Waals surface area contributed by atoms with Crippen LogP contribution in [-0.4, -0.2) is 61.3 Å². The lowest BCUT2D eigenvalue weighted by molar-refractivity contribution is -0.134. The predicted molar refractivity (Wildman–Crippen MR) is 203 cm³/mol. The Labute approximate surface area is 292 Å². The summed E-state index contributed by atoms with van der Waals surface area (Å²) in [5.74, 6) is 0.186. The molecule has 6 nitrogen and oxygen atoms in total. The van der Waals surface area contributed by atoms with E-state index in [1.807, 2.05) is 41.7 Å². The monoisotopic (exact) mass is 671 g/mol. The van der Waals surface area contributed by atoms with Crippen molar-refractivity contribution in [3.05, 3.63) is 66.0 Å². The summed E-state index contributed by atoms with van der Waals surface area (Å²) in [6.07, 6.45) is 17.6. The zero-order chi connectivity index (χ0) is 33.2. The quantitative estimate of drug-likeness (QED) is 0.0612. The summed E-state index contributed by atoms with van der Waals surface area (Å²) < 4.78 is 13.4. The van der Waals surface area contributed by atoms with Crippen molar-refractivity contribution in [2.24, 2.45) is 0 Å². The van der Waals surface area contributed by atoms with Crippen LogP contribution in [0.3, 0.4) is 0 Å². The molecule has 48 heavy (non-hydrogen) atoms. The third-order valence-corrected chi connectivity index (χ3v) is 10.6. The van der Waals surface area contributed by atoms with E-state index in [9.17, 15) is 4.79 Å². The number of unbranched alkanes of at least 4 members (excludes halogenated alkanes) is 9. The summed E-state index contributed by atoms with van der Waals surface area (Å²) in [4.78, 5) is 22.1. The Hall–Kier alpha value is -3.00. The highest BCUT2D eigenvalue weighted by atomic mass is 32.1. The molecule has 0 aliphatic carbocycles. The predicted octanol–water partition coefficient (Wildman–Crippen LogP) is 10.4. The molecule has 260 valence electrons. The number of pyridine rings is 1. The number of benzene rings is 2. The third kappa shape index (κ3) is 11.9. The molecule has 1 saturated heterocycles. The highest BCUT2D eigenvalue weighted by molar-refractivity contribution is 7.17. The summed E-state index contributed by atoms with van der Waals surface area (Å²) in [6, 6.07) is 20.6. The van der Waals surface area contributed by atoms with E-state index >= 15 is 0 Å². The van der Waals surface area contributed by atoms with Crippen LogP contribution < -0.4 is 9.64 Å². The molecule has 4 aromatic rings. The first-order valence-corrected chi connectivity index (χ1v) is 19.7. The van der Waals surface area contributed by atoms with Gasteiger partial charge in [0.15, 0.2) is 0 Å². The van der Waals surface area contributed by atoms with Gasteiger partial charge in [-0.3, -0.25) is 9.69 Å². The summed E-state index contributed by atoms with van der Waals surface area (Å²) in [5, 5.41) is 4.65. The van der Waals surface area contributed by atoms with Gasteiger partial charge in [-0.15, -0.1) is 11.3 Å². The van der Waals surface area contributed by atoms with Gasteiger partial charge in [0.1, 0.15) is 0 Å². The van der Waals surface area contributed by atoms with Gasteiger partial charge in [-0.1, -0.05) is 89.0 Å². The molecule has 0 radical (unpaired) electrons. The summed E-state index contributed by atoms with van der Waals surface area (Å²) in [5.41, 5.74) is 2.24. The second kappa shape index (κ2) is 20.5. The van der Waals surface area contributed by atoms with Crippen molar-refractivity contribution in [2.75, 3.05) is 44.2 Å². The van der Waals surface area contributed by atoms with Gasteiger partial charge >= 0.3 is 5.97 Å². The van der Waals surface area contributed by atoms with Crippen LogP contribution in [0.5, 0.6) is 5.88 Å². The first-order chi connectivity index (χ1) is 23.7. The smallest absolute Gasteiger partial charge is 0.312 e. The number of nitrogens with zero attached hydrogens (tertiary/aromatic N) is 3. The zero-order valence-corrected chi connectivity index (χ0v) is 30.1. The summed E-state index contributed by atoms with van der Waals surface area (Å²) >= 11 is 1.83. The average molecular weight is 672 g/mol. The first kappa shape index (κ1) is 36.3. The Bertz CT molecular complexity index is 1500. The van der Waals surface area contributed by atoms with Gasteiger partial charge in [0.25, 0.3) is 0 Å². The molecule has 1 aliphatic heterocycles. The molecule has 1 aliphatic rings. The maximum Gasteiger partial charge on any atom is 0.312 e. The molecule has 0 N–H and O–H groups in total. The Balaban J connectivity index is 0.957. The highest BCUT2D eigenvalue weighted by Crippen LogP contribution is 2.31. The van der Waals surface area contributed by atoms with Crippen molar-refractivity contribution in [2.45, 2.75) is 109 Å². The van der Waals surface area contributed by atoms with Crippen molar-refractivity contribution in [3.8, 4) is 5.88 Å². The lowest BCUT2D eigenvalue weighted by Crippen LogP contribution is -2.46. The fraction of sp³-hybridized carbons (Fsp3) is 0.561. The van der Waals surface area contributed by atoms with Gasteiger partial charge in [-0.2, -0.15) is 0 Å². The number of rotatable bonds is 22. The number of carbonyl (C=O) groups is 1. The van der Waals surface area contributed by atoms with E-state index in [0.29, 0.717) is 18.4 Å². The number of para-hydroxylation sites is 1. The van der Waals surface area contributed by atoms with Gasteiger partial charge in [0.05, 0.1) is 11.6 Å². The number of hydrogen-bond donors (Lipinski definition) is 0. The summed E-state index contributed by atoms with van der Waals surface area (Å²) in [7, 11) is 0. The molecule has 0 amide bonds. The lowest BCUT2D eigenvalue weighted by Gasteiger charge is -2.36. The van der Waals surface area contributed by atoms with E-state index in [4.69, 9.17) is 9.47 Å². The van der Waals surface area contributed by atoms with E-state index in [0.717, 1.165) is 88.8 Å². The molecule has 3 heterocycles. The van der Waals surface area contributed by atoms with Crippen LogP contribution in [0.4, 0.5) is 5.69 Å². The number of piperazine rings is 1. The molecule has 0 bridgehead atoms. The van der Waals surface area contributed by atoms with Crippen molar-refractivity contribution in [1.82, 2.24) is 9.88 Å². The van der Waals surface area contributed by atoms with E-state index < -0.39 is 0 Å². The van der Waals surface area contributed by atoms with E-state index in [-0.39, 0.29) is 5.97 Å². The van der Waals surface area contributed by atoms with Crippen LogP contribution in [-0.2, 0) is 9.53 Å². The van der Waals surface area contributed by atoms with Crippen LogP contribution in [0.25, 0.3) is 21.0 Å². The average Bonchev–Trinajstić information content (AvgIpc) is 3.60. The maximum absolute atomic E-state index is 12.5. The molecule has 1 atom stereocenters. The van der Waals surface area contributed by atoms with E-state index in [1.165, 1.54) is 67.1 Å². The third-order valence-electron chi connectivity index (χ3n) is 9.74. The number of esters is 1. The largest absolute Gasteiger partial charge is 0.407 e. The lowest BCUT2D eigenvalue weighted by atomic mass is 10.0. The zero-order valence-electron chi connectivity index (χ0n) is 29.3. The van der Waals surface area contributed by atoms with Gasteiger partial charge in [0.2, 0.25) is 5.88 Å². The number of hydrogen-bond acceptors (Lipinski definition) is 7. The number of aromatic nitrogens is 1. The molecule has 2 aromatic heterocycles. The molecular weight excluding hydrogens is 615 g/mol. The second-order valence-electron chi connectivity index (χ2n) is 13.5. The van der Waals surface area contributed by atoms with Crippen molar-refractivity contribution >= 4 is 44.0 Å². The van der Waals surface area contributed by atoms with Crippen LogP contribution in [0.1, 0.15) is 103 Å². The fourth-order valence-corrected chi connectivity index (χ4v) is 7.69. The molecule has 2 aromatic carbocycles. The van der Waals surface area contributed by atoms with Crippen LogP contribution in [0.15, 0.2) is 66.0 Å². The topological polar surface area (TPSA) is 54.9 Å². The van der Waals surface area contributed by atoms with E-state index in [1.54, 1.807) is 6.07 Å². The Morgan fingerprint density at radius 3 is 2.40 bits per heavy atom. The van der Waals surface area contributed by atoms with Gasteiger partial charge < -0.3 is 14.4 Å². The first-order valence-electron chi connectivity index (χ1n) is 18.8. The normalized spacial score (nSPS) is 14.6. The van der Waals surface area contributed by atoms with Crippen molar-refractivity contribution < 1.29 is 14.3 Å². The minimum Gasteiger partial charge on any atom is -0.407 e. The Morgan fingerprint density at radius 2 is 1.56 bits per heavy atom. The van der Waals surface area contributed by atoms with E-state index in [2.05, 4.69) is 51.4 Å². The molecule has 1 fully saturated rings. The Kier molecular flexibility index (Phi) is 15.5. The fourth-order valence-electron chi connectivity index (χ4n) is 6.88. The number of thiophene rings is 1. The molecular formula is C41H57N3O3S. The molecule has 7 heteroatoms. The summed E-state index contributed by atoms with van der Waals surface area (Å²) in [6.45, 7) is 8.76. The van der Waals surface area contributed by atoms with Crippen LogP contribution in [0, 0.1) is 0 Å².